The number of carbonyl (C=O) groups is 1. The van der Waals surface area contributed by atoms with Crippen LogP contribution in [0.4, 0.5) is 5.69 Å². The van der Waals surface area contributed by atoms with Gasteiger partial charge in [0, 0.05) is 23.7 Å². The molecule has 0 unspecified atom stereocenters. The van der Waals surface area contributed by atoms with E-state index in [1.165, 1.54) is 30.7 Å². The van der Waals surface area contributed by atoms with Gasteiger partial charge in [-0.3, -0.25) is 14.6 Å². The first kappa shape index (κ1) is 19.7. The van der Waals surface area contributed by atoms with E-state index in [4.69, 9.17) is 4.74 Å². The molecule has 0 spiro atoms. The summed E-state index contributed by atoms with van der Waals surface area (Å²) in [5.74, 6) is 0.894. The van der Waals surface area contributed by atoms with Crippen molar-refractivity contribution in [2.24, 2.45) is 5.92 Å². The van der Waals surface area contributed by atoms with E-state index in [9.17, 15) is 4.79 Å². The van der Waals surface area contributed by atoms with Crippen molar-refractivity contribution >= 4 is 23.4 Å². The van der Waals surface area contributed by atoms with E-state index in [-0.39, 0.29) is 5.91 Å². The second-order valence-corrected chi connectivity index (χ2v) is 8.12. The third-order valence-corrected chi connectivity index (χ3v) is 6.11. The van der Waals surface area contributed by atoms with Gasteiger partial charge < -0.3 is 10.1 Å². The fourth-order valence-corrected chi connectivity index (χ4v) is 4.19. The summed E-state index contributed by atoms with van der Waals surface area (Å²) in [5.41, 5.74) is 0.891. The predicted molar refractivity (Wildman–Crippen MR) is 108 cm³/mol. The molecule has 6 heteroatoms. The maximum atomic E-state index is 12.3. The van der Waals surface area contributed by atoms with Gasteiger partial charge >= 0.3 is 0 Å². The molecule has 1 amide bonds. The van der Waals surface area contributed by atoms with E-state index in [0.717, 1.165) is 51.0 Å². The van der Waals surface area contributed by atoms with Crippen LogP contribution in [0.1, 0.15) is 19.3 Å². The number of benzene rings is 1. The first-order valence-electron chi connectivity index (χ1n) is 9.69. The third-order valence-electron chi connectivity index (χ3n) is 5.39. The lowest BCUT2D eigenvalue weighted by atomic mass is 9.93. The smallest absolute Gasteiger partial charge is 0.238 e. The molecular formula is C20H31N3O2S. The highest BCUT2D eigenvalue weighted by molar-refractivity contribution is 7.98. The van der Waals surface area contributed by atoms with E-state index < -0.39 is 0 Å². The van der Waals surface area contributed by atoms with Gasteiger partial charge in [0.25, 0.3) is 0 Å². The molecule has 0 saturated carbocycles. The lowest BCUT2D eigenvalue weighted by Gasteiger charge is -2.33. The first-order valence-corrected chi connectivity index (χ1v) is 10.9. The molecule has 2 fully saturated rings. The van der Waals surface area contributed by atoms with Crippen LogP contribution >= 0.6 is 11.8 Å². The Morgan fingerprint density at radius 1 is 1.19 bits per heavy atom. The van der Waals surface area contributed by atoms with Crippen LogP contribution in [0.5, 0.6) is 0 Å². The average molecular weight is 378 g/mol. The molecule has 2 aliphatic rings. The Hall–Kier alpha value is -1.08. The highest BCUT2D eigenvalue weighted by Gasteiger charge is 2.22. The van der Waals surface area contributed by atoms with Crippen molar-refractivity contribution in [3.63, 3.8) is 0 Å². The molecule has 144 valence electrons. The zero-order valence-corrected chi connectivity index (χ0v) is 16.6. The van der Waals surface area contributed by atoms with Crippen molar-refractivity contribution in [3.8, 4) is 0 Å². The Balaban J connectivity index is 1.34. The molecule has 3 rings (SSSR count). The minimum absolute atomic E-state index is 0.0926. The van der Waals surface area contributed by atoms with Crippen LogP contribution in [0.2, 0.25) is 0 Å². The number of thioether (sulfide) groups is 1. The monoisotopic (exact) mass is 377 g/mol. The van der Waals surface area contributed by atoms with Crippen molar-refractivity contribution in [1.82, 2.24) is 9.80 Å². The number of morpholine rings is 1. The summed E-state index contributed by atoms with van der Waals surface area (Å²) in [6, 6.07) is 8.03. The predicted octanol–water partition coefficient (Wildman–Crippen LogP) is 2.78. The Kier molecular flexibility index (Phi) is 7.80. The molecule has 26 heavy (non-hydrogen) atoms. The Labute approximate surface area is 161 Å². The van der Waals surface area contributed by atoms with Crippen LogP contribution in [0.25, 0.3) is 0 Å². The standard InChI is InChI=1S/C20H31N3O2S/c1-26-19-4-2-3-18(15-19)21-20(24)16-23-9-6-17(7-10-23)5-8-22-11-13-25-14-12-22/h2-4,15,17H,5-14,16H2,1H3,(H,21,24). The SMILES string of the molecule is CSc1cccc(NC(=O)CN2CCC(CCN3CCOCC3)CC2)c1. The van der Waals surface area contributed by atoms with E-state index in [1.807, 2.05) is 24.5 Å². The number of piperidine rings is 1. The van der Waals surface area contributed by atoms with Gasteiger partial charge in [-0.25, -0.2) is 0 Å². The quantitative estimate of drug-likeness (QED) is 0.741. The van der Waals surface area contributed by atoms with Crippen molar-refractivity contribution < 1.29 is 9.53 Å². The number of nitrogens with zero attached hydrogens (tertiary/aromatic N) is 2. The average Bonchev–Trinajstić information content (AvgIpc) is 2.68. The van der Waals surface area contributed by atoms with Crippen LogP contribution in [0.3, 0.4) is 0 Å². The summed E-state index contributed by atoms with van der Waals surface area (Å²) >= 11 is 1.69. The second kappa shape index (κ2) is 10.3. The topological polar surface area (TPSA) is 44.8 Å². The molecule has 5 nitrogen and oxygen atoms in total. The number of carbonyl (C=O) groups excluding carboxylic acids is 1. The summed E-state index contributed by atoms with van der Waals surface area (Å²) in [4.78, 5) is 18.3. The van der Waals surface area contributed by atoms with Gasteiger partial charge in [0.1, 0.15) is 0 Å². The second-order valence-electron chi connectivity index (χ2n) is 7.24. The highest BCUT2D eigenvalue weighted by Crippen LogP contribution is 2.22. The molecule has 0 atom stereocenters. The van der Waals surface area contributed by atoms with Gasteiger partial charge in [0.15, 0.2) is 0 Å². The maximum absolute atomic E-state index is 12.3. The first-order chi connectivity index (χ1) is 12.7. The van der Waals surface area contributed by atoms with Gasteiger partial charge in [-0.2, -0.15) is 0 Å². The van der Waals surface area contributed by atoms with E-state index in [1.54, 1.807) is 11.8 Å². The van der Waals surface area contributed by atoms with Crippen LogP contribution in [0, 0.1) is 5.92 Å². The summed E-state index contributed by atoms with van der Waals surface area (Å²) in [6.45, 7) is 7.69. The Morgan fingerprint density at radius 2 is 1.96 bits per heavy atom. The molecule has 2 aliphatic heterocycles. The fraction of sp³-hybridized carbons (Fsp3) is 0.650. The number of amides is 1. The van der Waals surface area contributed by atoms with Crippen molar-refractivity contribution in [3.05, 3.63) is 24.3 Å². The molecular weight excluding hydrogens is 346 g/mol. The van der Waals surface area contributed by atoms with Crippen LogP contribution in [0.15, 0.2) is 29.2 Å². The fourth-order valence-electron chi connectivity index (χ4n) is 3.73. The molecule has 1 aromatic carbocycles. The molecule has 0 radical (unpaired) electrons. The summed E-state index contributed by atoms with van der Waals surface area (Å²) in [6.07, 6.45) is 5.74. The normalized spacial score (nSPS) is 20.2. The third kappa shape index (κ3) is 6.27. The number of ether oxygens (including phenoxy) is 1. The number of anilines is 1. The Morgan fingerprint density at radius 3 is 2.69 bits per heavy atom. The van der Waals surface area contributed by atoms with Crippen molar-refractivity contribution in [2.45, 2.75) is 24.2 Å². The van der Waals surface area contributed by atoms with E-state index >= 15 is 0 Å². The maximum Gasteiger partial charge on any atom is 0.238 e. The highest BCUT2D eigenvalue weighted by atomic mass is 32.2. The zero-order chi connectivity index (χ0) is 18.2. The van der Waals surface area contributed by atoms with Gasteiger partial charge in [0.05, 0.1) is 19.8 Å². The summed E-state index contributed by atoms with van der Waals surface area (Å²) in [5, 5.41) is 3.03. The number of hydrogen-bond donors (Lipinski definition) is 1. The van der Waals surface area contributed by atoms with Crippen LogP contribution in [-0.4, -0.2) is 74.4 Å². The minimum Gasteiger partial charge on any atom is -0.379 e. The lowest BCUT2D eigenvalue weighted by Crippen LogP contribution is -2.41. The summed E-state index contributed by atoms with van der Waals surface area (Å²) in [7, 11) is 0. The van der Waals surface area contributed by atoms with Crippen LogP contribution < -0.4 is 5.32 Å². The van der Waals surface area contributed by atoms with Crippen molar-refractivity contribution in [1.29, 1.82) is 0 Å². The number of hydrogen-bond acceptors (Lipinski definition) is 5. The zero-order valence-electron chi connectivity index (χ0n) is 15.8. The number of rotatable bonds is 7. The lowest BCUT2D eigenvalue weighted by molar-refractivity contribution is -0.117. The molecule has 1 aromatic rings. The minimum atomic E-state index is 0.0926. The van der Waals surface area contributed by atoms with Gasteiger partial charge in [-0.15, -0.1) is 11.8 Å². The molecule has 0 aromatic heterocycles. The van der Waals surface area contributed by atoms with Gasteiger partial charge in [0.2, 0.25) is 5.91 Å². The van der Waals surface area contributed by atoms with E-state index in [2.05, 4.69) is 21.2 Å². The van der Waals surface area contributed by atoms with E-state index in [0.29, 0.717) is 6.54 Å². The number of nitrogens with one attached hydrogen (secondary N) is 1. The molecule has 0 bridgehead atoms. The molecule has 2 heterocycles. The van der Waals surface area contributed by atoms with Gasteiger partial charge in [-0.05, 0) is 69.3 Å². The Bertz CT molecular complexity index is 570. The summed E-state index contributed by atoms with van der Waals surface area (Å²) < 4.78 is 5.41. The molecule has 0 aliphatic carbocycles. The van der Waals surface area contributed by atoms with Gasteiger partial charge in [-0.1, -0.05) is 6.07 Å². The largest absolute Gasteiger partial charge is 0.379 e. The molecule has 2 saturated heterocycles. The van der Waals surface area contributed by atoms with Crippen LogP contribution in [-0.2, 0) is 9.53 Å². The number of likely N-dealkylation sites (tertiary alicyclic amines) is 1. The van der Waals surface area contributed by atoms with Crippen molar-refractivity contribution in [2.75, 3.05) is 64.1 Å². The molecule has 1 N–H and O–H groups in total.